The summed E-state index contributed by atoms with van der Waals surface area (Å²) in [7, 11) is -1.28. The molecule has 0 heterocycles. The first-order valence-corrected chi connectivity index (χ1v) is 9.00. The molecule has 82 valence electrons. The molecule has 0 bridgehead atoms. The van der Waals surface area contributed by atoms with Gasteiger partial charge in [-0.1, -0.05) is 37.7 Å². The first kappa shape index (κ1) is 12.6. The third-order valence-electron chi connectivity index (χ3n) is 2.06. The van der Waals surface area contributed by atoms with E-state index in [1.54, 1.807) is 0 Å². The van der Waals surface area contributed by atoms with Crippen LogP contribution in [0, 0.1) is 22.8 Å². The lowest BCUT2D eigenvalue weighted by Crippen LogP contribution is -2.16. The van der Waals surface area contributed by atoms with E-state index in [4.69, 9.17) is 5.26 Å². The maximum Gasteiger partial charge on any atom is 0.129 e. The van der Waals surface area contributed by atoms with E-state index >= 15 is 0 Å². The maximum absolute atomic E-state index is 8.49. The molecule has 0 aliphatic carbocycles. The minimum atomic E-state index is -1.28. The molecule has 16 heavy (non-hydrogen) atoms. The zero-order valence-electron chi connectivity index (χ0n) is 10.2. The Morgan fingerprint density at radius 1 is 1.12 bits per heavy atom. The highest BCUT2D eigenvalue weighted by molar-refractivity contribution is 6.83. The Kier molecular flexibility index (Phi) is 4.35. The molecule has 0 unspecified atom stereocenters. The molecule has 0 N–H and O–H groups in total. The van der Waals surface area contributed by atoms with Gasteiger partial charge in [0.15, 0.2) is 0 Å². The zero-order chi connectivity index (χ0) is 12.0. The Morgan fingerprint density at radius 3 is 2.25 bits per heavy atom. The molecule has 0 aromatic heterocycles. The smallest absolute Gasteiger partial charge is 0.129 e. The van der Waals surface area contributed by atoms with Gasteiger partial charge < -0.3 is 0 Å². The van der Waals surface area contributed by atoms with E-state index in [9.17, 15) is 0 Å². The summed E-state index contributed by atoms with van der Waals surface area (Å²) in [6, 6.07) is 10.4. The molecule has 0 aliphatic heterocycles. The van der Waals surface area contributed by atoms with Crippen molar-refractivity contribution in [3.05, 3.63) is 35.4 Å². The third-order valence-corrected chi connectivity index (χ3v) is 2.94. The zero-order valence-corrected chi connectivity index (χ0v) is 11.2. The molecule has 0 saturated heterocycles. The first-order chi connectivity index (χ1) is 7.51. The Morgan fingerprint density at radius 2 is 1.75 bits per heavy atom. The molecule has 0 atom stereocenters. The molecule has 0 aliphatic rings. The topological polar surface area (TPSA) is 23.8 Å². The van der Waals surface area contributed by atoms with Crippen molar-refractivity contribution in [2.45, 2.75) is 32.5 Å². The van der Waals surface area contributed by atoms with Crippen LogP contribution < -0.4 is 0 Å². The lowest BCUT2D eigenvalue weighted by atomic mass is 10.1. The van der Waals surface area contributed by atoms with Crippen LogP contribution >= 0.6 is 0 Å². The van der Waals surface area contributed by atoms with Gasteiger partial charge in [-0.15, -0.1) is 5.54 Å². The fourth-order valence-corrected chi connectivity index (χ4v) is 1.73. The first-order valence-electron chi connectivity index (χ1n) is 5.50. The van der Waals surface area contributed by atoms with Crippen molar-refractivity contribution in [1.82, 2.24) is 0 Å². The van der Waals surface area contributed by atoms with Gasteiger partial charge in [0.05, 0.1) is 6.07 Å². The number of benzene rings is 1. The molecule has 0 radical (unpaired) electrons. The van der Waals surface area contributed by atoms with Crippen molar-refractivity contribution in [3.63, 3.8) is 0 Å². The van der Waals surface area contributed by atoms with Gasteiger partial charge in [-0.05, 0) is 24.1 Å². The summed E-state index contributed by atoms with van der Waals surface area (Å²) in [6.45, 7) is 6.71. The predicted octanol–water partition coefficient (Wildman–Crippen LogP) is 3.37. The number of aryl methyl sites for hydroxylation is 1. The van der Waals surface area contributed by atoms with Crippen LogP contribution in [0.1, 0.15) is 17.5 Å². The fraction of sp³-hybridized carbons (Fsp3) is 0.357. The Bertz CT molecular complexity index is 435. The van der Waals surface area contributed by atoms with E-state index in [2.05, 4.69) is 49.3 Å². The molecule has 0 spiro atoms. The summed E-state index contributed by atoms with van der Waals surface area (Å²) >= 11 is 0. The summed E-state index contributed by atoms with van der Waals surface area (Å²) in [6.07, 6.45) is 1.41. The quantitative estimate of drug-likeness (QED) is 0.561. The highest BCUT2D eigenvalue weighted by Crippen LogP contribution is 2.06. The van der Waals surface area contributed by atoms with Crippen molar-refractivity contribution in [2.24, 2.45) is 0 Å². The van der Waals surface area contributed by atoms with Crippen molar-refractivity contribution in [1.29, 1.82) is 5.26 Å². The number of nitriles is 1. The van der Waals surface area contributed by atoms with Crippen LogP contribution in [-0.2, 0) is 6.42 Å². The van der Waals surface area contributed by atoms with Gasteiger partial charge in [0.25, 0.3) is 0 Å². The molecule has 1 nitrogen and oxygen atoms in total. The number of hydrogen-bond acceptors (Lipinski definition) is 1. The predicted molar refractivity (Wildman–Crippen MR) is 70.6 cm³/mol. The fourth-order valence-electron chi connectivity index (χ4n) is 1.21. The summed E-state index contributed by atoms with van der Waals surface area (Å²) in [5.41, 5.74) is 5.62. The summed E-state index contributed by atoms with van der Waals surface area (Å²) < 4.78 is 0. The lowest BCUT2D eigenvalue weighted by molar-refractivity contribution is 1.01. The molecule has 1 rings (SSSR count). The molecule has 0 amide bonds. The van der Waals surface area contributed by atoms with Crippen LogP contribution in [0.4, 0.5) is 0 Å². The van der Waals surface area contributed by atoms with Crippen LogP contribution in [0.25, 0.3) is 0 Å². The number of rotatable bonds is 2. The van der Waals surface area contributed by atoms with Gasteiger partial charge in [0, 0.05) is 12.0 Å². The van der Waals surface area contributed by atoms with Crippen LogP contribution in [0.2, 0.25) is 19.6 Å². The highest BCUT2D eigenvalue weighted by atomic mass is 28.3. The van der Waals surface area contributed by atoms with Crippen molar-refractivity contribution in [3.8, 4) is 17.5 Å². The van der Waals surface area contributed by atoms with Gasteiger partial charge in [-0.2, -0.15) is 5.26 Å². The van der Waals surface area contributed by atoms with Crippen molar-refractivity contribution >= 4 is 8.07 Å². The second kappa shape index (κ2) is 5.54. The summed E-state index contributed by atoms with van der Waals surface area (Å²) in [4.78, 5) is 0. The number of nitrogens with zero attached hydrogens (tertiary/aromatic N) is 1. The normalized spacial score (nSPS) is 10.1. The van der Waals surface area contributed by atoms with E-state index < -0.39 is 8.07 Å². The SMILES string of the molecule is C[Si](C)(C)C#Cc1ccc(CCC#N)cc1. The van der Waals surface area contributed by atoms with Crippen LogP contribution in [0.3, 0.4) is 0 Å². The Balaban J connectivity index is 2.71. The van der Waals surface area contributed by atoms with Crippen molar-refractivity contribution in [2.75, 3.05) is 0 Å². The Labute approximate surface area is 99.1 Å². The molecule has 2 heteroatoms. The molecule has 0 saturated carbocycles. The lowest BCUT2D eigenvalue weighted by Gasteiger charge is -2.03. The van der Waals surface area contributed by atoms with E-state index in [0.29, 0.717) is 6.42 Å². The molecular formula is C14H17NSi. The average Bonchev–Trinajstić information content (AvgIpc) is 2.24. The van der Waals surface area contributed by atoms with Gasteiger partial charge >= 0.3 is 0 Å². The highest BCUT2D eigenvalue weighted by Gasteiger charge is 2.07. The van der Waals surface area contributed by atoms with Crippen molar-refractivity contribution < 1.29 is 0 Å². The maximum atomic E-state index is 8.49. The van der Waals surface area contributed by atoms with Crippen LogP contribution in [0.5, 0.6) is 0 Å². The van der Waals surface area contributed by atoms with E-state index in [0.717, 1.165) is 12.0 Å². The van der Waals surface area contributed by atoms with E-state index in [-0.39, 0.29) is 0 Å². The average molecular weight is 227 g/mol. The third kappa shape index (κ3) is 4.82. The van der Waals surface area contributed by atoms with E-state index in [1.165, 1.54) is 5.56 Å². The molecule has 1 aromatic carbocycles. The van der Waals surface area contributed by atoms with Crippen LogP contribution in [-0.4, -0.2) is 8.07 Å². The Hall–Kier alpha value is -1.51. The van der Waals surface area contributed by atoms with Gasteiger partial charge in [-0.3, -0.25) is 0 Å². The van der Waals surface area contributed by atoms with Gasteiger partial charge in [-0.25, -0.2) is 0 Å². The largest absolute Gasteiger partial charge is 0.198 e. The standard InChI is InChI=1S/C14H17NSi/c1-16(2,3)12-10-14-8-6-13(7-9-14)5-4-11-15/h6-9H,4-5H2,1-3H3. The summed E-state index contributed by atoms with van der Waals surface area (Å²) in [5.74, 6) is 3.21. The second-order valence-electron chi connectivity index (χ2n) is 4.86. The number of hydrogen-bond donors (Lipinski definition) is 0. The monoisotopic (exact) mass is 227 g/mol. The molecular weight excluding hydrogens is 210 g/mol. The van der Waals surface area contributed by atoms with E-state index in [1.807, 2.05) is 12.1 Å². The molecule has 1 aromatic rings. The van der Waals surface area contributed by atoms with Gasteiger partial charge in [0.2, 0.25) is 0 Å². The summed E-state index contributed by atoms with van der Waals surface area (Å²) in [5, 5.41) is 8.49. The van der Waals surface area contributed by atoms with Crippen LogP contribution in [0.15, 0.2) is 24.3 Å². The van der Waals surface area contributed by atoms with Gasteiger partial charge in [0.1, 0.15) is 8.07 Å². The minimum Gasteiger partial charge on any atom is -0.198 e. The second-order valence-corrected chi connectivity index (χ2v) is 9.61. The molecule has 0 fully saturated rings. The minimum absolute atomic E-state index is 0.583.